The number of aromatic nitrogens is 2. The summed E-state index contributed by atoms with van der Waals surface area (Å²) in [6, 6.07) is 21.9. The van der Waals surface area contributed by atoms with Gasteiger partial charge in [-0.2, -0.15) is 5.10 Å². The maximum absolute atomic E-state index is 13.4. The van der Waals surface area contributed by atoms with Crippen molar-refractivity contribution in [3.63, 3.8) is 0 Å². The number of benzene rings is 3. The Kier molecular flexibility index (Phi) is 6.17. The van der Waals surface area contributed by atoms with Crippen LogP contribution in [0.15, 0.2) is 66.7 Å². The third-order valence-electron chi connectivity index (χ3n) is 7.32. The SMILES string of the molecule is CN1CCc2ccccc2C1C(=O)Nc1ccc2[nH]nc(-c3ccc(OC4CCNCC4)cc3)c2c1. The molecule has 0 radical (unpaired) electrons. The van der Waals surface area contributed by atoms with E-state index in [1.54, 1.807) is 0 Å². The standard InChI is InChI=1S/C29H31N5O2/c1-34-17-14-19-4-2-3-5-24(19)28(34)29(35)31-21-8-11-26-25(18-21)27(33-32-26)20-6-9-22(10-7-20)36-23-12-15-30-16-13-23/h2-11,18,23,28,30H,12-17H2,1H3,(H,31,35)(H,32,33). The molecule has 6 rings (SSSR count). The Morgan fingerprint density at radius 1 is 1.06 bits per heavy atom. The molecule has 1 saturated heterocycles. The minimum absolute atomic E-state index is 0.0199. The molecule has 3 N–H and O–H groups in total. The summed E-state index contributed by atoms with van der Waals surface area (Å²) in [5.41, 5.74) is 5.88. The number of nitrogens with one attached hydrogen (secondary N) is 3. The van der Waals surface area contributed by atoms with Crippen molar-refractivity contribution in [2.45, 2.75) is 31.4 Å². The number of amides is 1. The van der Waals surface area contributed by atoms with Gasteiger partial charge >= 0.3 is 0 Å². The van der Waals surface area contributed by atoms with Crippen molar-refractivity contribution >= 4 is 22.5 Å². The zero-order valence-corrected chi connectivity index (χ0v) is 20.5. The monoisotopic (exact) mass is 481 g/mol. The van der Waals surface area contributed by atoms with E-state index in [2.05, 4.69) is 37.9 Å². The maximum atomic E-state index is 13.4. The number of carbonyl (C=O) groups is 1. The molecule has 1 unspecified atom stereocenters. The number of piperidine rings is 1. The average molecular weight is 482 g/mol. The number of H-pyrrole nitrogens is 1. The van der Waals surface area contributed by atoms with Crippen molar-refractivity contribution in [3.8, 4) is 17.0 Å². The van der Waals surface area contributed by atoms with E-state index >= 15 is 0 Å². The minimum atomic E-state index is -0.304. The Morgan fingerprint density at radius 2 is 1.86 bits per heavy atom. The highest BCUT2D eigenvalue weighted by molar-refractivity contribution is 6.00. The molecule has 0 saturated carbocycles. The van der Waals surface area contributed by atoms with Crippen molar-refractivity contribution in [1.29, 1.82) is 0 Å². The summed E-state index contributed by atoms with van der Waals surface area (Å²) in [6.45, 7) is 2.87. The normalized spacial score (nSPS) is 18.6. The van der Waals surface area contributed by atoms with E-state index in [-0.39, 0.29) is 18.1 Å². The molecule has 0 bridgehead atoms. The zero-order valence-electron chi connectivity index (χ0n) is 20.5. The number of hydrogen-bond donors (Lipinski definition) is 3. The summed E-state index contributed by atoms with van der Waals surface area (Å²) < 4.78 is 6.15. The van der Waals surface area contributed by atoms with Crippen LogP contribution >= 0.6 is 0 Å². The Labute approximate surface area is 210 Å². The highest BCUT2D eigenvalue weighted by Gasteiger charge is 2.30. The van der Waals surface area contributed by atoms with E-state index in [9.17, 15) is 4.79 Å². The van der Waals surface area contributed by atoms with Crippen LogP contribution in [0.3, 0.4) is 0 Å². The van der Waals surface area contributed by atoms with Crippen LogP contribution in [0.25, 0.3) is 22.2 Å². The molecule has 1 amide bonds. The number of fused-ring (bicyclic) bond motifs is 2. The van der Waals surface area contributed by atoms with E-state index in [1.165, 1.54) is 5.56 Å². The smallest absolute Gasteiger partial charge is 0.246 e. The van der Waals surface area contributed by atoms with E-state index < -0.39 is 0 Å². The van der Waals surface area contributed by atoms with Gasteiger partial charge in [-0.15, -0.1) is 0 Å². The van der Waals surface area contributed by atoms with Crippen molar-refractivity contribution in [1.82, 2.24) is 20.4 Å². The molecule has 3 heterocycles. The molecule has 0 aliphatic carbocycles. The summed E-state index contributed by atoms with van der Waals surface area (Å²) >= 11 is 0. The van der Waals surface area contributed by atoms with Gasteiger partial charge in [-0.25, -0.2) is 0 Å². The second kappa shape index (κ2) is 9.76. The number of carbonyl (C=O) groups excluding carboxylic acids is 1. The van der Waals surface area contributed by atoms with Crippen LogP contribution in [0.4, 0.5) is 5.69 Å². The molecule has 2 aliphatic rings. The minimum Gasteiger partial charge on any atom is -0.490 e. The second-order valence-corrected chi connectivity index (χ2v) is 9.75. The number of likely N-dealkylation sites (N-methyl/N-ethyl adjacent to an activating group) is 1. The molecule has 0 spiro atoms. The van der Waals surface area contributed by atoms with Gasteiger partial charge in [-0.1, -0.05) is 24.3 Å². The molecule has 7 heteroatoms. The lowest BCUT2D eigenvalue weighted by Crippen LogP contribution is -2.39. The highest BCUT2D eigenvalue weighted by Crippen LogP contribution is 2.32. The second-order valence-electron chi connectivity index (χ2n) is 9.75. The topological polar surface area (TPSA) is 82.3 Å². The van der Waals surface area contributed by atoms with Crippen molar-refractivity contribution in [2.24, 2.45) is 0 Å². The summed E-state index contributed by atoms with van der Waals surface area (Å²) in [5.74, 6) is 0.865. The van der Waals surface area contributed by atoms with E-state index in [0.29, 0.717) is 0 Å². The summed E-state index contributed by atoms with van der Waals surface area (Å²) in [4.78, 5) is 15.5. The lowest BCUT2D eigenvalue weighted by atomic mass is 9.92. The van der Waals surface area contributed by atoms with Crippen LogP contribution < -0.4 is 15.4 Å². The van der Waals surface area contributed by atoms with Gasteiger partial charge < -0.3 is 15.4 Å². The van der Waals surface area contributed by atoms with Gasteiger partial charge in [0.2, 0.25) is 5.91 Å². The fraction of sp³-hybridized carbons (Fsp3) is 0.310. The van der Waals surface area contributed by atoms with Crippen LogP contribution in [0.2, 0.25) is 0 Å². The summed E-state index contributed by atoms with van der Waals surface area (Å²) in [6.07, 6.45) is 3.29. The Hall–Kier alpha value is -3.68. The van der Waals surface area contributed by atoms with E-state index in [0.717, 1.165) is 78.1 Å². The van der Waals surface area contributed by atoms with Crippen LogP contribution in [0.5, 0.6) is 5.75 Å². The Balaban J connectivity index is 1.22. The number of hydrogen-bond acceptors (Lipinski definition) is 5. The van der Waals surface area contributed by atoms with Crippen LogP contribution in [-0.4, -0.2) is 53.8 Å². The lowest BCUT2D eigenvalue weighted by Gasteiger charge is -2.33. The number of ether oxygens (including phenoxy) is 1. The maximum Gasteiger partial charge on any atom is 0.246 e. The molecule has 1 fully saturated rings. The number of aromatic amines is 1. The van der Waals surface area contributed by atoms with Gasteiger partial charge in [-0.05, 0) is 93.0 Å². The largest absolute Gasteiger partial charge is 0.490 e. The van der Waals surface area contributed by atoms with Crippen molar-refractivity contribution in [3.05, 3.63) is 77.9 Å². The van der Waals surface area contributed by atoms with Gasteiger partial charge in [0.15, 0.2) is 0 Å². The average Bonchev–Trinajstić information content (AvgIpc) is 3.33. The first-order valence-electron chi connectivity index (χ1n) is 12.7. The first-order chi connectivity index (χ1) is 17.7. The van der Waals surface area contributed by atoms with Crippen LogP contribution in [0.1, 0.15) is 30.0 Å². The van der Waals surface area contributed by atoms with Gasteiger partial charge in [0.25, 0.3) is 0 Å². The molecular formula is C29H31N5O2. The van der Waals surface area contributed by atoms with Gasteiger partial charge in [0, 0.05) is 23.2 Å². The number of rotatable bonds is 5. The van der Waals surface area contributed by atoms with Crippen LogP contribution in [-0.2, 0) is 11.2 Å². The predicted octanol–water partition coefficient (Wildman–Crippen LogP) is 4.53. The third kappa shape index (κ3) is 4.47. The molecule has 7 nitrogen and oxygen atoms in total. The lowest BCUT2D eigenvalue weighted by molar-refractivity contribution is -0.121. The number of nitrogens with zero attached hydrogens (tertiary/aromatic N) is 2. The van der Waals surface area contributed by atoms with Gasteiger partial charge in [0.05, 0.1) is 11.2 Å². The molecular weight excluding hydrogens is 450 g/mol. The van der Waals surface area contributed by atoms with Gasteiger partial charge in [0.1, 0.15) is 17.9 Å². The molecule has 2 aliphatic heterocycles. The van der Waals surface area contributed by atoms with E-state index in [1.807, 2.05) is 61.6 Å². The van der Waals surface area contributed by atoms with Crippen molar-refractivity contribution in [2.75, 3.05) is 32.0 Å². The number of anilines is 1. The molecule has 1 aromatic heterocycles. The highest BCUT2D eigenvalue weighted by atomic mass is 16.5. The summed E-state index contributed by atoms with van der Waals surface area (Å²) in [7, 11) is 2.01. The molecule has 4 aromatic rings. The first kappa shape index (κ1) is 22.8. The van der Waals surface area contributed by atoms with E-state index in [4.69, 9.17) is 4.74 Å². The van der Waals surface area contributed by atoms with Crippen molar-refractivity contribution < 1.29 is 9.53 Å². The van der Waals surface area contributed by atoms with Gasteiger partial charge in [-0.3, -0.25) is 14.8 Å². The Morgan fingerprint density at radius 3 is 2.69 bits per heavy atom. The quantitative estimate of drug-likeness (QED) is 0.390. The first-order valence-corrected chi connectivity index (χ1v) is 12.7. The molecule has 3 aromatic carbocycles. The molecule has 184 valence electrons. The fourth-order valence-corrected chi connectivity index (χ4v) is 5.35. The Bertz CT molecular complexity index is 1370. The molecule has 1 atom stereocenters. The molecule has 36 heavy (non-hydrogen) atoms. The summed E-state index contributed by atoms with van der Waals surface area (Å²) in [5, 5.41) is 15.2. The fourth-order valence-electron chi connectivity index (χ4n) is 5.35. The predicted molar refractivity (Wildman–Crippen MR) is 142 cm³/mol. The zero-order chi connectivity index (χ0) is 24.5. The van der Waals surface area contributed by atoms with Crippen LogP contribution in [0, 0.1) is 0 Å². The third-order valence-corrected chi connectivity index (χ3v) is 7.32.